The Bertz CT molecular complexity index is 894. The topological polar surface area (TPSA) is 49.8 Å². The lowest BCUT2D eigenvalue weighted by Crippen LogP contribution is -2.12. The maximum Gasteiger partial charge on any atom is 0.421 e. The van der Waals surface area contributed by atoms with Crippen LogP contribution in [-0.2, 0) is 12.6 Å². The van der Waals surface area contributed by atoms with E-state index in [0.29, 0.717) is 11.4 Å². The van der Waals surface area contributed by atoms with Crippen molar-refractivity contribution in [3.05, 3.63) is 71.9 Å². The monoisotopic (exact) mass is 386 g/mol. The molecule has 2 aromatic carbocycles. The number of unbranched alkanes of at least 4 members (excludes halogenated alkanes) is 1. The fourth-order valence-corrected chi connectivity index (χ4v) is 2.67. The summed E-state index contributed by atoms with van der Waals surface area (Å²) >= 11 is 0. The lowest BCUT2D eigenvalue weighted by molar-refractivity contribution is -0.137. The molecule has 146 valence electrons. The number of anilines is 4. The lowest BCUT2D eigenvalue weighted by atomic mass is 10.1. The number of hydrogen-bond acceptors (Lipinski definition) is 4. The van der Waals surface area contributed by atoms with Gasteiger partial charge >= 0.3 is 6.18 Å². The van der Waals surface area contributed by atoms with Gasteiger partial charge in [0.2, 0.25) is 5.95 Å². The molecule has 7 heteroatoms. The number of alkyl halides is 3. The molecule has 0 amide bonds. The molecule has 0 aliphatic rings. The van der Waals surface area contributed by atoms with E-state index in [1.165, 1.54) is 0 Å². The summed E-state index contributed by atoms with van der Waals surface area (Å²) in [6, 6.07) is 16.4. The molecule has 28 heavy (non-hydrogen) atoms. The number of para-hydroxylation sites is 1. The van der Waals surface area contributed by atoms with Crippen LogP contribution in [-0.4, -0.2) is 9.97 Å². The first-order valence-electron chi connectivity index (χ1n) is 9.08. The number of aryl methyl sites for hydroxylation is 1. The SMILES string of the molecule is CCCCc1ccc(Nc2nc(Nc3ccccc3)ncc2C(F)(F)F)cc1. The zero-order valence-electron chi connectivity index (χ0n) is 15.4. The van der Waals surface area contributed by atoms with E-state index >= 15 is 0 Å². The highest BCUT2D eigenvalue weighted by Crippen LogP contribution is 2.35. The molecule has 0 radical (unpaired) electrons. The van der Waals surface area contributed by atoms with Gasteiger partial charge in [0.1, 0.15) is 11.4 Å². The van der Waals surface area contributed by atoms with Crippen LogP contribution in [0.15, 0.2) is 60.8 Å². The van der Waals surface area contributed by atoms with Crippen LogP contribution in [0.2, 0.25) is 0 Å². The second kappa shape index (κ2) is 8.73. The highest BCUT2D eigenvalue weighted by Gasteiger charge is 2.35. The summed E-state index contributed by atoms with van der Waals surface area (Å²) < 4.78 is 40.1. The van der Waals surface area contributed by atoms with Crippen molar-refractivity contribution in [2.75, 3.05) is 10.6 Å². The molecule has 0 atom stereocenters. The molecule has 0 saturated carbocycles. The number of aromatic nitrogens is 2. The van der Waals surface area contributed by atoms with Gasteiger partial charge in [-0.05, 0) is 42.7 Å². The van der Waals surface area contributed by atoms with E-state index in [9.17, 15) is 13.2 Å². The predicted molar refractivity (Wildman–Crippen MR) is 105 cm³/mol. The van der Waals surface area contributed by atoms with Gasteiger partial charge in [-0.15, -0.1) is 0 Å². The van der Waals surface area contributed by atoms with Crippen molar-refractivity contribution in [2.24, 2.45) is 0 Å². The van der Waals surface area contributed by atoms with Gasteiger partial charge in [-0.25, -0.2) is 4.98 Å². The Morgan fingerprint density at radius 3 is 2.21 bits per heavy atom. The highest BCUT2D eigenvalue weighted by atomic mass is 19.4. The van der Waals surface area contributed by atoms with E-state index in [0.717, 1.165) is 31.0 Å². The molecular formula is C21H21F3N4. The van der Waals surface area contributed by atoms with Gasteiger partial charge < -0.3 is 10.6 Å². The Hall–Kier alpha value is -3.09. The molecule has 0 aliphatic carbocycles. The summed E-state index contributed by atoms with van der Waals surface area (Å²) in [7, 11) is 0. The van der Waals surface area contributed by atoms with Crippen LogP contribution in [0.5, 0.6) is 0 Å². The third kappa shape index (κ3) is 5.22. The third-order valence-electron chi connectivity index (χ3n) is 4.16. The summed E-state index contributed by atoms with van der Waals surface area (Å²) in [5, 5.41) is 5.69. The molecule has 0 fully saturated rings. The van der Waals surface area contributed by atoms with Crippen LogP contribution >= 0.6 is 0 Å². The van der Waals surface area contributed by atoms with Gasteiger partial charge in [-0.3, -0.25) is 0 Å². The molecule has 0 bridgehead atoms. The summed E-state index contributed by atoms with van der Waals surface area (Å²) in [4.78, 5) is 7.86. The summed E-state index contributed by atoms with van der Waals surface area (Å²) in [6.07, 6.45) is -0.660. The minimum atomic E-state index is -4.56. The van der Waals surface area contributed by atoms with Crippen LogP contribution in [0, 0.1) is 0 Å². The van der Waals surface area contributed by atoms with E-state index in [2.05, 4.69) is 27.5 Å². The number of hydrogen-bond donors (Lipinski definition) is 2. The largest absolute Gasteiger partial charge is 0.421 e. The van der Waals surface area contributed by atoms with E-state index in [1.54, 1.807) is 24.3 Å². The second-order valence-corrected chi connectivity index (χ2v) is 6.37. The average Bonchev–Trinajstić information content (AvgIpc) is 2.67. The van der Waals surface area contributed by atoms with Gasteiger partial charge in [0, 0.05) is 17.6 Å². The number of rotatable bonds is 7. The number of nitrogens with one attached hydrogen (secondary N) is 2. The van der Waals surface area contributed by atoms with E-state index in [-0.39, 0.29) is 11.8 Å². The summed E-state index contributed by atoms with van der Waals surface area (Å²) in [5.41, 5.74) is 1.46. The Balaban J connectivity index is 1.85. The first-order valence-corrected chi connectivity index (χ1v) is 9.08. The molecule has 0 aliphatic heterocycles. The van der Waals surface area contributed by atoms with Gasteiger partial charge in [-0.1, -0.05) is 43.7 Å². The Morgan fingerprint density at radius 2 is 1.57 bits per heavy atom. The third-order valence-corrected chi connectivity index (χ3v) is 4.16. The zero-order valence-corrected chi connectivity index (χ0v) is 15.4. The fourth-order valence-electron chi connectivity index (χ4n) is 2.67. The highest BCUT2D eigenvalue weighted by molar-refractivity contribution is 5.63. The smallest absolute Gasteiger partial charge is 0.340 e. The molecule has 3 rings (SSSR count). The molecule has 3 aromatic rings. The van der Waals surface area contributed by atoms with Crippen molar-refractivity contribution in [3.8, 4) is 0 Å². The van der Waals surface area contributed by atoms with Crippen molar-refractivity contribution in [1.82, 2.24) is 9.97 Å². The van der Waals surface area contributed by atoms with Gasteiger partial charge in [0.15, 0.2) is 0 Å². The molecule has 1 heterocycles. The van der Waals surface area contributed by atoms with Crippen molar-refractivity contribution in [1.29, 1.82) is 0 Å². The van der Waals surface area contributed by atoms with Crippen molar-refractivity contribution in [3.63, 3.8) is 0 Å². The molecule has 0 saturated heterocycles. The quantitative estimate of drug-likeness (QED) is 0.498. The Labute approximate surface area is 161 Å². The van der Waals surface area contributed by atoms with Crippen molar-refractivity contribution >= 4 is 23.1 Å². The van der Waals surface area contributed by atoms with E-state index < -0.39 is 11.7 Å². The minimum absolute atomic E-state index is 0.0845. The maximum atomic E-state index is 13.4. The standard InChI is InChI=1S/C21H21F3N4/c1-2-3-7-15-10-12-17(13-11-15)26-19-18(21(22,23)24)14-25-20(28-19)27-16-8-5-4-6-9-16/h4-6,8-14H,2-3,7H2,1H3,(H2,25,26,27,28). The zero-order chi connectivity index (χ0) is 20.0. The first kappa shape index (κ1) is 19.7. The van der Waals surface area contributed by atoms with Crippen molar-refractivity contribution in [2.45, 2.75) is 32.4 Å². The van der Waals surface area contributed by atoms with Crippen LogP contribution in [0.25, 0.3) is 0 Å². The molecule has 0 spiro atoms. The predicted octanol–water partition coefficient (Wildman–Crippen LogP) is 6.33. The number of nitrogens with zero attached hydrogens (tertiary/aromatic N) is 2. The van der Waals surface area contributed by atoms with E-state index in [1.807, 2.05) is 30.3 Å². The van der Waals surface area contributed by atoms with Crippen LogP contribution in [0.4, 0.5) is 36.3 Å². The van der Waals surface area contributed by atoms with Gasteiger partial charge in [0.05, 0.1) is 0 Å². The molecule has 0 unspecified atom stereocenters. The van der Waals surface area contributed by atoms with Crippen LogP contribution in [0.3, 0.4) is 0 Å². The molecule has 4 nitrogen and oxygen atoms in total. The van der Waals surface area contributed by atoms with Gasteiger partial charge in [-0.2, -0.15) is 18.2 Å². The average molecular weight is 386 g/mol. The normalized spacial score (nSPS) is 11.3. The first-order chi connectivity index (χ1) is 13.5. The Morgan fingerprint density at radius 1 is 0.893 bits per heavy atom. The summed E-state index contributed by atoms with van der Waals surface area (Å²) in [6.45, 7) is 2.12. The number of halogens is 3. The van der Waals surface area contributed by atoms with Crippen LogP contribution < -0.4 is 10.6 Å². The van der Waals surface area contributed by atoms with Crippen molar-refractivity contribution < 1.29 is 13.2 Å². The fraction of sp³-hybridized carbons (Fsp3) is 0.238. The minimum Gasteiger partial charge on any atom is -0.340 e. The summed E-state index contributed by atoms with van der Waals surface area (Å²) in [5.74, 6) is -0.205. The molecule has 1 aromatic heterocycles. The van der Waals surface area contributed by atoms with E-state index in [4.69, 9.17) is 0 Å². The Kier molecular flexibility index (Phi) is 6.13. The lowest BCUT2D eigenvalue weighted by Gasteiger charge is -2.15. The van der Waals surface area contributed by atoms with Gasteiger partial charge in [0.25, 0.3) is 0 Å². The molecule has 2 N–H and O–H groups in total. The molecular weight excluding hydrogens is 365 g/mol. The maximum absolute atomic E-state index is 13.4. The van der Waals surface area contributed by atoms with Crippen LogP contribution in [0.1, 0.15) is 30.9 Å². The number of benzene rings is 2. The second-order valence-electron chi connectivity index (χ2n) is 6.37.